The zero-order valence-electron chi connectivity index (χ0n) is 16.0. The van der Waals surface area contributed by atoms with E-state index in [-0.39, 0.29) is 11.9 Å². The molecule has 3 aromatic rings. The summed E-state index contributed by atoms with van der Waals surface area (Å²) < 4.78 is 3.91. The molecule has 26 heavy (non-hydrogen) atoms. The van der Waals surface area contributed by atoms with Gasteiger partial charge in [0.1, 0.15) is 11.9 Å². The van der Waals surface area contributed by atoms with Crippen LogP contribution < -0.4 is 0 Å². The Labute approximate surface area is 154 Å². The molecule has 0 aliphatic heterocycles. The molecule has 6 nitrogen and oxygen atoms in total. The summed E-state index contributed by atoms with van der Waals surface area (Å²) in [6.45, 7) is 4.82. The van der Waals surface area contributed by atoms with Gasteiger partial charge in [-0.25, -0.2) is 4.98 Å². The fourth-order valence-corrected chi connectivity index (χ4v) is 3.42. The van der Waals surface area contributed by atoms with Crippen molar-refractivity contribution in [3.8, 4) is 0 Å². The highest BCUT2D eigenvalue weighted by atomic mass is 16.2. The number of fused-ring (bicyclic) bond motifs is 1. The third kappa shape index (κ3) is 3.49. The molecule has 2 aromatic heterocycles. The van der Waals surface area contributed by atoms with Crippen LogP contribution in [-0.2, 0) is 24.7 Å². The maximum atomic E-state index is 13.2. The number of hydrogen-bond donors (Lipinski definition) is 0. The third-order valence-corrected chi connectivity index (χ3v) is 4.84. The van der Waals surface area contributed by atoms with Crippen LogP contribution in [-0.4, -0.2) is 43.7 Å². The molecule has 1 amide bonds. The maximum absolute atomic E-state index is 13.2. The summed E-state index contributed by atoms with van der Waals surface area (Å²) in [4.78, 5) is 19.7. The second-order valence-corrected chi connectivity index (χ2v) is 6.70. The molecule has 2 heterocycles. The SMILES string of the molecule is CCc1nc2ccccc2n1[C@@H](CC)C(=O)N(C)CCc1cnn(C)c1. The van der Waals surface area contributed by atoms with E-state index < -0.39 is 0 Å². The van der Waals surface area contributed by atoms with Gasteiger partial charge in [0.05, 0.1) is 17.2 Å². The lowest BCUT2D eigenvalue weighted by Gasteiger charge is -2.25. The number of rotatable bonds is 7. The Morgan fingerprint density at radius 2 is 2.04 bits per heavy atom. The van der Waals surface area contributed by atoms with E-state index in [0.29, 0.717) is 6.54 Å². The summed E-state index contributed by atoms with van der Waals surface area (Å²) in [5.74, 6) is 1.10. The van der Waals surface area contributed by atoms with E-state index in [9.17, 15) is 4.79 Å². The quantitative estimate of drug-likeness (QED) is 0.656. The van der Waals surface area contributed by atoms with Gasteiger partial charge in [-0.15, -0.1) is 0 Å². The Kier molecular flexibility index (Phi) is 5.40. The first-order valence-electron chi connectivity index (χ1n) is 9.23. The van der Waals surface area contributed by atoms with Gasteiger partial charge in [-0.2, -0.15) is 5.10 Å². The maximum Gasteiger partial charge on any atom is 0.245 e. The number of carbonyl (C=O) groups is 1. The summed E-state index contributed by atoms with van der Waals surface area (Å²) in [6.07, 6.45) is 6.20. The number of hydrogen-bond acceptors (Lipinski definition) is 3. The lowest BCUT2D eigenvalue weighted by atomic mass is 10.1. The van der Waals surface area contributed by atoms with Crippen LogP contribution in [0.3, 0.4) is 0 Å². The molecule has 0 saturated heterocycles. The van der Waals surface area contributed by atoms with E-state index in [2.05, 4.69) is 23.5 Å². The van der Waals surface area contributed by atoms with E-state index in [1.165, 1.54) is 0 Å². The standard InChI is InChI=1S/C20H27N5O/c1-5-17(20(26)23(3)12-11-15-13-21-24(4)14-15)25-18-10-8-7-9-16(18)22-19(25)6-2/h7-10,13-14,17H,5-6,11-12H2,1-4H3/t17-/m0/s1. The fourth-order valence-electron chi connectivity index (χ4n) is 3.42. The minimum atomic E-state index is -0.226. The lowest BCUT2D eigenvalue weighted by Crippen LogP contribution is -2.36. The van der Waals surface area contributed by atoms with Crippen molar-refractivity contribution in [2.24, 2.45) is 7.05 Å². The molecule has 0 saturated carbocycles. The van der Waals surface area contributed by atoms with Crippen LogP contribution in [0, 0.1) is 0 Å². The number of imidazole rings is 1. The predicted molar refractivity (Wildman–Crippen MR) is 103 cm³/mol. The minimum absolute atomic E-state index is 0.134. The van der Waals surface area contributed by atoms with Crippen LogP contribution in [0.15, 0.2) is 36.7 Å². The average molecular weight is 353 g/mol. The molecule has 1 aromatic carbocycles. The van der Waals surface area contributed by atoms with Gasteiger partial charge in [0.15, 0.2) is 0 Å². The Morgan fingerprint density at radius 1 is 1.27 bits per heavy atom. The molecule has 0 aliphatic rings. The average Bonchev–Trinajstić information content (AvgIpc) is 3.23. The van der Waals surface area contributed by atoms with Gasteiger partial charge in [-0.3, -0.25) is 9.48 Å². The molecule has 0 aliphatic carbocycles. The number of aromatic nitrogens is 4. The Bertz CT molecular complexity index is 895. The first-order chi connectivity index (χ1) is 12.5. The summed E-state index contributed by atoms with van der Waals surface area (Å²) >= 11 is 0. The van der Waals surface area contributed by atoms with Gasteiger partial charge in [0, 0.05) is 33.3 Å². The van der Waals surface area contributed by atoms with Crippen LogP contribution in [0.1, 0.15) is 37.7 Å². The van der Waals surface area contributed by atoms with Gasteiger partial charge < -0.3 is 9.47 Å². The van der Waals surface area contributed by atoms with Crippen molar-refractivity contribution >= 4 is 16.9 Å². The summed E-state index contributed by atoms with van der Waals surface area (Å²) in [5.41, 5.74) is 3.13. The topological polar surface area (TPSA) is 56.0 Å². The van der Waals surface area contributed by atoms with E-state index in [1.54, 1.807) is 4.68 Å². The van der Waals surface area contributed by atoms with Crippen LogP contribution in [0.2, 0.25) is 0 Å². The molecular weight excluding hydrogens is 326 g/mol. The normalized spacial score (nSPS) is 12.5. The number of aryl methyl sites for hydroxylation is 2. The van der Waals surface area contributed by atoms with Gasteiger partial charge >= 0.3 is 0 Å². The smallest absolute Gasteiger partial charge is 0.245 e. The fraction of sp³-hybridized carbons (Fsp3) is 0.450. The van der Waals surface area contributed by atoms with Crippen molar-refractivity contribution in [1.29, 1.82) is 0 Å². The zero-order chi connectivity index (χ0) is 18.7. The van der Waals surface area contributed by atoms with Gasteiger partial charge in [-0.1, -0.05) is 26.0 Å². The highest BCUT2D eigenvalue weighted by Gasteiger charge is 2.26. The van der Waals surface area contributed by atoms with Crippen molar-refractivity contribution < 1.29 is 4.79 Å². The van der Waals surface area contributed by atoms with E-state index in [1.807, 2.05) is 55.7 Å². The van der Waals surface area contributed by atoms with E-state index >= 15 is 0 Å². The highest BCUT2D eigenvalue weighted by molar-refractivity contribution is 5.84. The van der Waals surface area contributed by atoms with Gasteiger partial charge in [0.25, 0.3) is 0 Å². The zero-order valence-corrected chi connectivity index (χ0v) is 16.0. The summed E-state index contributed by atoms with van der Waals surface area (Å²) in [6, 6.07) is 7.82. The molecule has 0 fully saturated rings. The van der Waals surface area contributed by atoms with Crippen LogP contribution >= 0.6 is 0 Å². The van der Waals surface area contributed by atoms with Crippen LogP contribution in [0.25, 0.3) is 11.0 Å². The molecule has 0 N–H and O–H groups in total. The molecular formula is C20H27N5O. The van der Waals surface area contributed by atoms with Crippen molar-refractivity contribution in [2.75, 3.05) is 13.6 Å². The summed E-state index contributed by atoms with van der Waals surface area (Å²) in [7, 11) is 3.79. The van der Waals surface area contributed by atoms with Gasteiger partial charge in [-0.05, 0) is 30.5 Å². The Morgan fingerprint density at radius 3 is 2.69 bits per heavy atom. The predicted octanol–water partition coefficient (Wildman–Crippen LogP) is 2.98. The van der Waals surface area contributed by atoms with E-state index in [4.69, 9.17) is 4.98 Å². The summed E-state index contributed by atoms with van der Waals surface area (Å²) in [5, 5.41) is 4.19. The van der Waals surface area contributed by atoms with E-state index in [0.717, 1.165) is 41.7 Å². The van der Waals surface area contributed by atoms with Crippen molar-refractivity contribution in [3.05, 3.63) is 48.0 Å². The largest absolute Gasteiger partial charge is 0.344 e. The molecule has 1 atom stereocenters. The first-order valence-corrected chi connectivity index (χ1v) is 9.23. The monoisotopic (exact) mass is 353 g/mol. The molecule has 138 valence electrons. The second-order valence-electron chi connectivity index (χ2n) is 6.70. The Balaban J connectivity index is 1.82. The second kappa shape index (κ2) is 7.72. The molecule has 0 bridgehead atoms. The number of benzene rings is 1. The molecule has 3 rings (SSSR count). The van der Waals surface area contributed by atoms with Crippen molar-refractivity contribution in [2.45, 2.75) is 39.2 Å². The molecule has 0 spiro atoms. The number of likely N-dealkylation sites (N-methyl/N-ethyl adjacent to an activating group) is 1. The van der Waals surface area contributed by atoms with Crippen LogP contribution in [0.5, 0.6) is 0 Å². The first kappa shape index (κ1) is 18.2. The third-order valence-electron chi connectivity index (χ3n) is 4.84. The number of amides is 1. The van der Waals surface area contributed by atoms with Gasteiger partial charge in [0.2, 0.25) is 5.91 Å². The molecule has 0 radical (unpaired) electrons. The molecule has 0 unspecified atom stereocenters. The minimum Gasteiger partial charge on any atom is -0.344 e. The van der Waals surface area contributed by atoms with Crippen molar-refractivity contribution in [3.63, 3.8) is 0 Å². The molecule has 6 heteroatoms. The van der Waals surface area contributed by atoms with Crippen molar-refractivity contribution in [1.82, 2.24) is 24.2 Å². The van der Waals surface area contributed by atoms with Crippen LogP contribution in [0.4, 0.5) is 0 Å². The number of para-hydroxylation sites is 2. The number of carbonyl (C=O) groups excluding carboxylic acids is 1. The number of nitrogens with zero attached hydrogens (tertiary/aromatic N) is 5. The lowest BCUT2D eigenvalue weighted by molar-refractivity contribution is -0.133. The Hall–Kier alpha value is -2.63. The highest BCUT2D eigenvalue weighted by Crippen LogP contribution is 2.25.